The molecule has 0 heterocycles. The first-order chi connectivity index (χ1) is 22.9. The number of Topliss-reactive ketones (excluding diaryl/α,β-unsaturated/α-hetero) is 1. The van der Waals surface area contributed by atoms with Crippen LogP contribution in [0.4, 0.5) is 0 Å². The van der Waals surface area contributed by atoms with Crippen molar-refractivity contribution < 1.29 is 14.3 Å². The maximum Gasteiger partial charge on any atom is 0.185 e. The van der Waals surface area contributed by atoms with E-state index in [1.165, 1.54) is 11.1 Å². The molecule has 0 unspecified atom stereocenters. The van der Waals surface area contributed by atoms with Crippen LogP contribution in [0.1, 0.15) is 92.2 Å². The zero-order valence-electron chi connectivity index (χ0n) is 27.5. The van der Waals surface area contributed by atoms with Gasteiger partial charge in [-0.1, -0.05) is 87.4 Å². The van der Waals surface area contributed by atoms with Crippen LogP contribution in [-0.2, 0) is 30.8 Å². The predicted octanol–water partition coefficient (Wildman–Crippen LogP) is 12.3. The summed E-state index contributed by atoms with van der Waals surface area (Å²) >= 11 is 7.60. The number of carbonyl (C=O) groups excluding carboxylic acids is 1. The minimum atomic E-state index is 0.101. The van der Waals surface area contributed by atoms with Crippen LogP contribution in [-0.4, -0.2) is 5.78 Å². The van der Waals surface area contributed by atoms with Crippen molar-refractivity contribution in [2.75, 3.05) is 0 Å². The molecule has 0 N–H and O–H groups in total. The number of aryl methyl sites for hydroxylation is 2. The minimum Gasteiger partial charge on any atom is -0.487 e. The van der Waals surface area contributed by atoms with Crippen molar-refractivity contribution in [2.24, 2.45) is 0 Å². The average Bonchev–Trinajstić information content (AvgIpc) is 3.08. The summed E-state index contributed by atoms with van der Waals surface area (Å²) in [5.41, 5.74) is 8.22. The fourth-order valence-electron chi connectivity index (χ4n) is 5.93. The average molecular weight is 757 g/mol. The molecule has 1 aliphatic carbocycles. The molecule has 5 rings (SSSR count). The second kappa shape index (κ2) is 17.7. The third-order valence-corrected chi connectivity index (χ3v) is 9.67. The molecule has 0 spiro atoms. The van der Waals surface area contributed by atoms with E-state index >= 15 is 0 Å². The number of hydrogen-bond acceptors (Lipinski definition) is 3. The van der Waals surface area contributed by atoms with Crippen LogP contribution < -0.4 is 9.47 Å². The van der Waals surface area contributed by atoms with Crippen molar-refractivity contribution in [1.82, 2.24) is 0 Å². The highest BCUT2D eigenvalue weighted by Gasteiger charge is 2.23. The Kier molecular flexibility index (Phi) is 13.1. The lowest BCUT2D eigenvalue weighted by Crippen LogP contribution is -2.13. The molecule has 0 radical (unpaired) electrons. The number of rotatable bonds is 14. The normalized spacial score (nSPS) is 14.9. The van der Waals surface area contributed by atoms with Crippen LogP contribution in [0.2, 0.25) is 0 Å². The first-order valence-corrected chi connectivity index (χ1v) is 18.5. The summed E-state index contributed by atoms with van der Waals surface area (Å²) < 4.78 is 14.7. The summed E-state index contributed by atoms with van der Waals surface area (Å²) in [6, 6.07) is 29.1. The van der Waals surface area contributed by atoms with Crippen LogP contribution in [0, 0.1) is 0 Å². The molecule has 0 bridgehead atoms. The molecule has 244 valence electrons. The van der Waals surface area contributed by atoms with E-state index in [1.807, 2.05) is 36.4 Å². The highest BCUT2D eigenvalue weighted by Crippen LogP contribution is 2.38. The van der Waals surface area contributed by atoms with Crippen molar-refractivity contribution in [3.05, 3.63) is 138 Å². The number of benzene rings is 4. The third kappa shape index (κ3) is 9.81. The van der Waals surface area contributed by atoms with Gasteiger partial charge in [-0.2, -0.15) is 0 Å². The summed E-state index contributed by atoms with van der Waals surface area (Å²) in [7, 11) is 0. The molecule has 4 aromatic carbocycles. The van der Waals surface area contributed by atoms with E-state index in [4.69, 9.17) is 9.47 Å². The minimum absolute atomic E-state index is 0.101. The second-order valence-electron chi connectivity index (χ2n) is 12.3. The van der Waals surface area contributed by atoms with Crippen molar-refractivity contribution in [3.63, 3.8) is 0 Å². The molecule has 0 atom stereocenters. The van der Waals surface area contributed by atoms with Crippen LogP contribution in [0.5, 0.6) is 11.5 Å². The lowest BCUT2D eigenvalue weighted by Gasteiger charge is -2.20. The molecule has 1 saturated carbocycles. The third-order valence-electron chi connectivity index (χ3n) is 8.49. The summed E-state index contributed by atoms with van der Waals surface area (Å²) in [4.78, 5) is 14.2. The van der Waals surface area contributed by atoms with Crippen molar-refractivity contribution in [3.8, 4) is 11.5 Å². The number of allylic oxidation sites excluding steroid dienone is 2. The second-order valence-corrected chi connectivity index (χ2v) is 14.0. The van der Waals surface area contributed by atoms with E-state index in [0.717, 1.165) is 112 Å². The molecular formula is C42H44Br2O3. The number of ether oxygens (including phenoxy) is 2. The van der Waals surface area contributed by atoms with Crippen LogP contribution in [0.15, 0.2) is 105 Å². The Morgan fingerprint density at radius 3 is 1.45 bits per heavy atom. The monoisotopic (exact) mass is 754 g/mol. The van der Waals surface area contributed by atoms with Gasteiger partial charge in [0, 0.05) is 22.3 Å². The Morgan fingerprint density at radius 2 is 1.04 bits per heavy atom. The van der Waals surface area contributed by atoms with Gasteiger partial charge in [0.25, 0.3) is 0 Å². The SMILES string of the molecule is CCCCc1cc(Br)c(OCc2ccccc2)c(/C=C2\CCC/C(=C\c3cc(CCCC)cc(Br)c3OCc3ccccc3)C2=O)c1. The molecule has 1 aliphatic rings. The van der Waals surface area contributed by atoms with Gasteiger partial charge in [0.1, 0.15) is 24.7 Å². The zero-order valence-corrected chi connectivity index (χ0v) is 30.7. The number of carbonyl (C=O) groups is 1. The molecule has 1 fully saturated rings. The van der Waals surface area contributed by atoms with Crippen LogP contribution in [0.25, 0.3) is 12.2 Å². The van der Waals surface area contributed by atoms with Crippen LogP contribution >= 0.6 is 31.9 Å². The highest BCUT2D eigenvalue weighted by atomic mass is 79.9. The fourth-order valence-corrected chi connectivity index (χ4v) is 7.20. The molecule has 0 aromatic heterocycles. The first-order valence-electron chi connectivity index (χ1n) is 16.9. The molecule has 3 nitrogen and oxygen atoms in total. The summed E-state index contributed by atoms with van der Waals surface area (Å²) in [6.45, 7) is 5.33. The number of ketones is 1. The maximum atomic E-state index is 14.2. The summed E-state index contributed by atoms with van der Waals surface area (Å²) in [6.07, 6.45) is 13.0. The van der Waals surface area contributed by atoms with Gasteiger partial charge in [0.15, 0.2) is 5.78 Å². The van der Waals surface area contributed by atoms with Gasteiger partial charge in [-0.15, -0.1) is 0 Å². The largest absolute Gasteiger partial charge is 0.487 e. The van der Waals surface area contributed by atoms with Crippen molar-refractivity contribution >= 4 is 49.8 Å². The Morgan fingerprint density at radius 1 is 0.617 bits per heavy atom. The van der Waals surface area contributed by atoms with Gasteiger partial charge in [0.2, 0.25) is 0 Å². The maximum absolute atomic E-state index is 14.2. The lowest BCUT2D eigenvalue weighted by molar-refractivity contribution is -0.112. The van der Waals surface area contributed by atoms with Gasteiger partial charge in [0.05, 0.1) is 8.95 Å². The van der Waals surface area contributed by atoms with Gasteiger partial charge in [-0.3, -0.25) is 4.79 Å². The summed E-state index contributed by atoms with van der Waals surface area (Å²) in [5, 5.41) is 0. The van der Waals surface area contributed by atoms with E-state index < -0.39 is 0 Å². The van der Waals surface area contributed by atoms with E-state index in [-0.39, 0.29) is 5.78 Å². The number of halogens is 2. The van der Waals surface area contributed by atoms with Crippen molar-refractivity contribution in [2.45, 2.75) is 84.8 Å². The smallest absolute Gasteiger partial charge is 0.185 e. The molecule has 4 aromatic rings. The topological polar surface area (TPSA) is 35.5 Å². The standard InChI is InChI=1S/C42H44Br2O3/c1-3-5-14-32-22-36(41(38(43)24-32)46-28-30-16-9-7-10-17-30)26-34-20-13-21-35(40(34)45)27-37-23-33(15-6-4-2)25-39(44)42(37)47-29-31-18-11-8-12-19-31/h7-12,16-19,22-27H,3-6,13-15,20-21,28-29H2,1-2H3/b34-26+,35-27+. The molecular weight excluding hydrogens is 712 g/mol. The van der Waals surface area contributed by atoms with E-state index in [9.17, 15) is 4.79 Å². The molecule has 47 heavy (non-hydrogen) atoms. The Balaban J connectivity index is 1.48. The number of hydrogen-bond donors (Lipinski definition) is 0. The van der Waals surface area contributed by atoms with Gasteiger partial charge < -0.3 is 9.47 Å². The van der Waals surface area contributed by atoms with E-state index in [1.54, 1.807) is 0 Å². The van der Waals surface area contributed by atoms with E-state index in [2.05, 4.69) is 106 Å². The molecule has 0 aliphatic heterocycles. The molecule has 0 saturated heterocycles. The fraction of sp³-hybridized carbons (Fsp3) is 0.310. The van der Waals surface area contributed by atoms with Gasteiger partial charge >= 0.3 is 0 Å². The lowest BCUT2D eigenvalue weighted by atomic mass is 9.86. The summed E-state index contributed by atoms with van der Waals surface area (Å²) in [5.74, 6) is 1.65. The van der Waals surface area contributed by atoms with Gasteiger partial charge in [-0.25, -0.2) is 0 Å². The van der Waals surface area contributed by atoms with Crippen molar-refractivity contribution in [1.29, 1.82) is 0 Å². The Hall–Kier alpha value is -3.41. The predicted molar refractivity (Wildman–Crippen MR) is 202 cm³/mol. The first kappa shape index (κ1) is 34.9. The molecule has 5 heteroatoms. The zero-order chi connectivity index (χ0) is 33.0. The molecule has 0 amide bonds. The Labute approximate surface area is 297 Å². The number of unbranched alkanes of at least 4 members (excludes halogenated alkanes) is 2. The highest BCUT2D eigenvalue weighted by molar-refractivity contribution is 9.11. The quantitative estimate of drug-likeness (QED) is 0.120. The van der Waals surface area contributed by atoms with E-state index in [0.29, 0.717) is 13.2 Å². The van der Waals surface area contributed by atoms with Crippen LogP contribution in [0.3, 0.4) is 0 Å². The van der Waals surface area contributed by atoms with Gasteiger partial charge in [-0.05, 0) is 135 Å². The Bertz CT molecular complexity index is 1580.